The van der Waals surface area contributed by atoms with Crippen LogP contribution in [0.2, 0.25) is 0 Å². The summed E-state index contributed by atoms with van der Waals surface area (Å²) in [5.74, 6) is 0. The molecule has 1 saturated heterocycles. The molecule has 1 aliphatic rings. The van der Waals surface area contributed by atoms with Crippen LogP contribution in [0.3, 0.4) is 0 Å². The Morgan fingerprint density at radius 3 is 2.10 bits per heavy atom. The van der Waals surface area contributed by atoms with Crippen molar-refractivity contribution in [1.29, 1.82) is 0 Å². The predicted molar refractivity (Wildman–Crippen MR) is 90.8 cm³/mol. The summed E-state index contributed by atoms with van der Waals surface area (Å²) in [6.07, 6.45) is 0. The highest BCUT2D eigenvalue weighted by Crippen LogP contribution is 2.22. The van der Waals surface area contributed by atoms with Gasteiger partial charge < -0.3 is 0 Å². The van der Waals surface area contributed by atoms with Crippen molar-refractivity contribution >= 4 is 11.3 Å². The normalized spacial score (nSPS) is 17.2. The van der Waals surface area contributed by atoms with Gasteiger partial charge in [0.05, 0.1) is 0 Å². The van der Waals surface area contributed by atoms with Gasteiger partial charge in [-0.05, 0) is 35.9 Å². The highest BCUT2D eigenvalue weighted by Gasteiger charge is 2.18. The van der Waals surface area contributed by atoms with Gasteiger partial charge in [-0.15, -0.1) is 11.3 Å². The van der Waals surface area contributed by atoms with Crippen molar-refractivity contribution in [2.24, 2.45) is 0 Å². The molecule has 1 aromatic carbocycles. The van der Waals surface area contributed by atoms with E-state index in [2.05, 4.69) is 59.4 Å². The van der Waals surface area contributed by atoms with Gasteiger partial charge in [-0.2, -0.15) is 0 Å². The van der Waals surface area contributed by atoms with Crippen LogP contribution in [0.4, 0.5) is 0 Å². The first-order valence-corrected chi connectivity index (χ1v) is 8.62. The Morgan fingerprint density at radius 1 is 0.905 bits per heavy atom. The first-order valence-electron chi connectivity index (χ1n) is 7.74. The standard InChI is InChI=1S/C18H24N2S/c1-15-16(2)21-14-18(15)13-20-10-8-19(9-11-20)12-17-6-4-3-5-7-17/h3-7,14H,8-13H2,1-2H3. The van der Waals surface area contributed by atoms with Crippen molar-refractivity contribution < 1.29 is 0 Å². The van der Waals surface area contributed by atoms with Crippen LogP contribution in [-0.4, -0.2) is 36.0 Å². The zero-order valence-corrected chi connectivity index (χ0v) is 13.8. The molecule has 0 atom stereocenters. The fraction of sp³-hybridized carbons (Fsp3) is 0.444. The fourth-order valence-corrected chi connectivity index (χ4v) is 3.78. The van der Waals surface area contributed by atoms with Crippen molar-refractivity contribution in [3.63, 3.8) is 0 Å². The maximum atomic E-state index is 2.59. The lowest BCUT2D eigenvalue weighted by atomic mass is 10.1. The van der Waals surface area contributed by atoms with Crippen molar-refractivity contribution in [3.05, 3.63) is 57.3 Å². The van der Waals surface area contributed by atoms with E-state index in [4.69, 9.17) is 0 Å². The molecule has 112 valence electrons. The summed E-state index contributed by atoms with van der Waals surface area (Å²) in [6, 6.07) is 10.8. The average Bonchev–Trinajstić information content (AvgIpc) is 2.82. The summed E-state index contributed by atoms with van der Waals surface area (Å²) in [5.41, 5.74) is 4.44. The Kier molecular flexibility index (Phi) is 4.73. The lowest BCUT2D eigenvalue weighted by molar-refractivity contribution is 0.122. The van der Waals surface area contributed by atoms with Gasteiger partial charge in [-0.1, -0.05) is 30.3 Å². The Bertz CT molecular complexity index is 568. The minimum absolute atomic E-state index is 1.09. The van der Waals surface area contributed by atoms with E-state index in [1.165, 1.54) is 47.7 Å². The molecule has 21 heavy (non-hydrogen) atoms. The lowest BCUT2D eigenvalue weighted by Crippen LogP contribution is -2.45. The van der Waals surface area contributed by atoms with Gasteiger partial charge >= 0.3 is 0 Å². The van der Waals surface area contributed by atoms with Crippen LogP contribution in [0.1, 0.15) is 21.6 Å². The summed E-state index contributed by atoms with van der Waals surface area (Å²) >= 11 is 1.88. The van der Waals surface area contributed by atoms with Gasteiger partial charge in [-0.3, -0.25) is 9.80 Å². The van der Waals surface area contributed by atoms with Crippen molar-refractivity contribution in [2.45, 2.75) is 26.9 Å². The number of hydrogen-bond acceptors (Lipinski definition) is 3. The Balaban J connectivity index is 1.50. The Morgan fingerprint density at radius 2 is 1.52 bits per heavy atom. The van der Waals surface area contributed by atoms with E-state index >= 15 is 0 Å². The molecular weight excluding hydrogens is 276 g/mol. The van der Waals surface area contributed by atoms with E-state index in [1.807, 2.05) is 11.3 Å². The van der Waals surface area contributed by atoms with E-state index in [0.29, 0.717) is 0 Å². The molecule has 0 aliphatic carbocycles. The first kappa shape index (κ1) is 14.8. The second-order valence-electron chi connectivity index (χ2n) is 5.98. The molecule has 0 radical (unpaired) electrons. The van der Waals surface area contributed by atoms with E-state index in [9.17, 15) is 0 Å². The van der Waals surface area contributed by atoms with E-state index in [0.717, 1.165) is 13.1 Å². The number of aryl methyl sites for hydroxylation is 1. The van der Waals surface area contributed by atoms with Crippen LogP contribution in [0, 0.1) is 13.8 Å². The maximum absolute atomic E-state index is 2.59. The van der Waals surface area contributed by atoms with Crippen LogP contribution < -0.4 is 0 Å². The highest BCUT2D eigenvalue weighted by atomic mass is 32.1. The third-order valence-corrected chi connectivity index (χ3v) is 5.56. The van der Waals surface area contributed by atoms with E-state index < -0.39 is 0 Å². The lowest BCUT2D eigenvalue weighted by Gasteiger charge is -2.34. The van der Waals surface area contributed by atoms with Crippen molar-refractivity contribution in [2.75, 3.05) is 26.2 Å². The molecule has 0 unspecified atom stereocenters. The summed E-state index contributed by atoms with van der Waals surface area (Å²) in [7, 11) is 0. The molecule has 0 amide bonds. The van der Waals surface area contributed by atoms with Crippen molar-refractivity contribution in [1.82, 2.24) is 9.80 Å². The minimum Gasteiger partial charge on any atom is -0.297 e. The zero-order chi connectivity index (χ0) is 14.7. The molecule has 2 aromatic rings. The second-order valence-corrected chi connectivity index (χ2v) is 7.06. The molecule has 2 nitrogen and oxygen atoms in total. The third kappa shape index (κ3) is 3.73. The van der Waals surface area contributed by atoms with Gasteiger partial charge in [0.15, 0.2) is 0 Å². The largest absolute Gasteiger partial charge is 0.297 e. The summed E-state index contributed by atoms with van der Waals surface area (Å²) in [5, 5.41) is 2.33. The number of nitrogens with zero attached hydrogens (tertiary/aromatic N) is 2. The molecule has 1 aliphatic heterocycles. The minimum atomic E-state index is 1.09. The molecule has 0 spiro atoms. The molecule has 3 rings (SSSR count). The van der Waals surface area contributed by atoms with Gasteiger partial charge in [0.25, 0.3) is 0 Å². The molecular formula is C18H24N2S. The SMILES string of the molecule is Cc1scc(CN2CCN(Cc3ccccc3)CC2)c1C. The highest BCUT2D eigenvalue weighted by molar-refractivity contribution is 7.10. The molecule has 3 heteroatoms. The fourth-order valence-electron chi connectivity index (χ4n) is 2.91. The van der Waals surface area contributed by atoms with E-state index in [-0.39, 0.29) is 0 Å². The first-order chi connectivity index (χ1) is 10.2. The summed E-state index contributed by atoms with van der Waals surface area (Å²) in [6.45, 7) is 11.4. The topological polar surface area (TPSA) is 6.48 Å². The number of piperazine rings is 1. The van der Waals surface area contributed by atoms with E-state index in [1.54, 1.807) is 0 Å². The van der Waals surface area contributed by atoms with Gasteiger partial charge in [-0.25, -0.2) is 0 Å². The third-order valence-electron chi connectivity index (χ3n) is 4.50. The smallest absolute Gasteiger partial charge is 0.0245 e. The van der Waals surface area contributed by atoms with Crippen LogP contribution in [0.25, 0.3) is 0 Å². The predicted octanol–water partition coefficient (Wildman–Crippen LogP) is 3.68. The Hall–Kier alpha value is -1.16. The maximum Gasteiger partial charge on any atom is 0.0245 e. The van der Waals surface area contributed by atoms with Crippen molar-refractivity contribution in [3.8, 4) is 0 Å². The zero-order valence-electron chi connectivity index (χ0n) is 13.0. The number of benzene rings is 1. The monoisotopic (exact) mass is 300 g/mol. The molecule has 1 aromatic heterocycles. The quantitative estimate of drug-likeness (QED) is 0.850. The van der Waals surface area contributed by atoms with Crippen LogP contribution in [0.15, 0.2) is 35.7 Å². The summed E-state index contributed by atoms with van der Waals surface area (Å²) in [4.78, 5) is 6.63. The number of rotatable bonds is 4. The average molecular weight is 300 g/mol. The second kappa shape index (κ2) is 6.73. The number of thiophene rings is 1. The van der Waals surface area contributed by atoms with Gasteiger partial charge in [0.2, 0.25) is 0 Å². The van der Waals surface area contributed by atoms with Crippen LogP contribution in [0.5, 0.6) is 0 Å². The molecule has 1 fully saturated rings. The van der Waals surface area contributed by atoms with Crippen LogP contribution in [-0.2, 0) is 13.1 Å². The molecule has 2 heterocycles. The van der Waals surface area contributed by atoms with Gasteiger partial charge in [0.1, 0.15) is 0 Å². The Labute approximate surface area is 132 Å². The molecule has 0 N–H and O–H groups in total. The summed E-state index contributed by atoms with van der Waals surface area (Å²) < 4.78 is 0. The van der Waals surface area contributed by atoms with Crippen LogP contribution >= 0.6 is 11.3 Å². The molecule has 0 saturated carbocycles. The molecule has 0 bridgehead atoms. The number of hydrogen-bond donors (Lipinski definition) is 0. The van der Waals surface area contributed by atoms with Gasteiger partial charge in [0, 0.05) is 44.1 Å².